The summed E-state index contributed by atoms with van der Waals surface area (Å²) >= 11 is 2.99. The molecule has 0 bridgehead atoms. The van der Waals surface area contributed by atoms with Crippen molar-refractivity contribution in [3.05, 3.63) is 66.0 Å². The van der Waals surface area contributed by atoms with E-state index in [0.717, 1.165) is 9.97 Å². The fourth-order valence-electron chi connectivity index (χ4n) is 4.01. The molecule has 0 unspecified atom stereocenters. The van der Waals surface area contributed by atoms with Gasteiger partial charge in [0.15, 0.2) is 5.13 Å². The SMILES string of the molecule is CC=CC(=O)Nc1ccc(C(=O)N2CCC(C(=O)Nc3ncc(SCc4ncc(C(C)(C)C)o4)s3)CC2)cc1. The highest BCUT2D eigenvalue weighted by Gasteiger charge is 2.28. The van der Waals surface area contributed by atoms with Crippen LogP contribution in [0.3, 0.4) is 0 Å². The molecular weight excluding hydrogens is 534 g/mol. The van der Waals surface area contributed by atoms with Gasteiger partial charge in [0, 0.05) is 35.7 Å². The number of rotatable bonds is 8. The minimum atomic E-state index is -0.217. The van der Waals surface area contributed by atoms with Gasteiger partial charge in [0.1, 0.15) is 5.76 Å². The summed E-state index contributed by atoms with van der Waals surface area (Å²) in [6, 6.07) is 6.83. The molecule has 1 fully saturated rings. The number of oxazole rings is 1. The van der Waals surface area contributed by atoms with Crippen molar-refractivity contribution in [2.75, 3.05) is 23.7 Å². The number of thiazole rings is 1. The quantitative estimate of drug-likeness (QED) is 0.264. The fourth-order valence-corrected chi connectivity index (χ4v) is 5.74. The highest BCUT2D eigenvalue weighted by molar-refractivity contribution is 8.00. The van der Waals surface area contributed by atoms with Crippen molar-refractivity contribution in [2.45, 2.75) is 55.9 Å². The summed E-state index contributed by atoms with van der Waals surface area (Å²) in [5, 5.41) is 6.24. The fraction of sp³-hybridized carbons (Fsp3) is 0.393. The van der Waals surface area contributed by atoms with Gasteiger partial charge in [0.05, 0.1) is 22.4 Å². The van der Waals surface area contributed by atoms with Crippen LogP contribution in [0.2, 0.25) is 0 Å². The lowest BCUT2D eigenvalue weighted by Crippen LogP contribution is -2.41. The van der Waals surface area contributed by atoms with Crippen LogP contribution in [0, 0.1) is 5.92 Å². The molecule has 0 aliphatic carbocycles. The van der Waals surface area contributed by atoms with Gasteiger partial charge in [-0.25, -0.2) is 9.97 Å². The summed E-state index contributed by atoms with van der Waals surface area (Å²) in [5.74, 6) is 1.56. The van der Waals surface area contributed by atoms with Gasteiger partial charge in [-0.3, -0.25) is 14.4 Å². The molecule has 206 valence electrons. The number of nitrogens with zero attached hydrogens (tertiary/aromatic N) is 3. The summed E-state index contributed by atoms with van der Waals surface area (Å²) in [4.78, 5) is 47.9. The monoisotopic (exact) mass is 567 g/mol. The Morgan fingerprint density at radius 1 is 1.10 bits per heavy atom. The Morgan fingerprint density at radius 3 is 2.46 bits per heavy atom. The number of nitrogens with one attached hydrogen (secondary N) is 2. The van der Waals surface area contributed by atoms with Crippen LogP contribution in [0.15, 0.2) is 57.4 Å². The van der Waals surface area contributed by atoms with Crippen molar-refractivity contribution in [3.63, 3.8) is 0 Å². The normalized spacial score (nSPS) is 14.5. The van der Waals surface area contributed by atoms with Crippen LogP contribution < -0.4 is 10.6 Å². The summed E-state index contributed by atoms with van der Waals surface area (Å²) in [6.45, 7) is 9.02. The van der Waals surface area contributed by atoms with E-state index in [9.17, 15) is 14.4 Å². The molecule has 2 aromatic heterocycles. The molecular formula is C28H33N5O4S2. The van der Waals surface area contributed by atoms with E-state index in [4.69, 9.17) is 4.42 Å². The third kappa shape index (κ3) is 7.79. The number of piperidine rings is 1. The number of benzene rings is 1. The van der Waals surface area contributed by atoms with Crippen molar-refractivity contribution >= 4 is 51.6 Å². The predicted molar refractivity (Wildman–Crippen MR) is 154 cm³/mol. The molecule has 0 saturated carbocycles. The minimum absolute atomic E-state index is 0.0725. The van der Waals surface area contributed by atoms with Crippen molar-refractivity contribution in [1.82, 2.24) is 14.9 Å². The first kappa shape index (κ1) is 28.6. The second kappa shape index (κ2) is 12.6. The Morgan fingerprint density at radius 2 is 1.82 bits per heavy atom. The molecule has 1 saturated heterocycles. The predicted octanol–water partition coefficient (Wildman–Crippen LogP) is 5.73. The molecule has 0 spiro atoms. The van der Waals surface area contributed by atoms with Crippen molar-refractivity contribution in [2.24, 2.45) is 5.92 Å². The van der Waals surface area contributed by atoms with Gasteiger partial charge < -0.3 is 20.0 Å². The van der Waals surface area contributed by atoms with E-state index < -0.39 is 0 Å². The molecule has 0 radical (unpaired) electrons. The summed E-state index contributed by atoms with van der Waals surface area (Å²) < 4.78 is 6.80. The average Bonchev–Trinajstić information content (AvgIpc) is 3.57. The Balaban J connectivity index is 1.22. The second-order valence-electron chi connectivity index (χ2n) is 10.3. The first-order valence-electron chi connectivity index (χ1n) is 12.8. The molecule has 1 aliphatic rings. The molecule has 0 atom stereocenters. The Bertz CT molecular complexity index is 1330. The minimum Gasteiger partial charge on any atom is -0.444 e. The average molecular weight is 568 g/mol. The molecule has 9 nitrogen and oxygen atoms in total. The smallest absolute Gasteiger partial charge is 0.253 e. The maximum absolute atomic E-state index is 12.9. The van der Waals surface area contributed by atoms with E-state index in [-0.39, 0.29) is 29.1 Å². The van der Waals surface area contributed by atoms with E-state index in [1.807, 2.05) is 0 Å². The van der Waals surface area contributed by atoms with E-state index in [0.29, 0.717) is 54.0 Å². The van der Waals surface area contributed by atoms with Crippen LogP contribution in [-0.4, -0.2) is 45.7 Å². The van der Waals surface area contributed by atoms with E-state index in [1.54, 1.807) is 66.3 Å². The second-order valence-corrected chi connectivity index (χ2v) is 12.6. The largest absolute Gasteiger partial charge is 0.444 e. The maximum Gasteiger partial charge on any atom is 0.253 e. The number of aromatic nitrogens is 2. The van der Waals surface area contributed by atoms with Gasteiger partial charge in [0.25, 0.3) is 5.91 Å². The number of likely N-dealkylation sites (tertiary alicyclic amines) is 1. The lowest BCUT2D eigenvalue weighted by Gasteiger charge is -2.31. The third-order valence-corrected chi connectivity index (χ3v) is 8.31. The Kier molecular flexibility index (Phi) is 9.24. The number of carbonyl (C=O) groups excluding carboxylic acids is 3. The van der Waals surface area contributed by atoms with Crippen molar-refractivity contribution in [3.8, 4) is 0 Å². The van der Waals surface area contributed by atoms with Crippen LogP contribution in [0.5, 0.6) is 0 Å². The number of allylic oxidation sites excluding steroid dienone is 1. The Labute approximate surface area is 236 Å². The topological polar surface area (TPSA) is 117 Å². The zero-order chi connectivity index (χ0) is 28.0. The highest BCUT2D eigenvalue weighted by atomic mass is 32.2. The maximum atomic E-state index is 12.9. The van der Waals surface area contributed by atoms with Crippen LogP contribution in [0.25, 0.3) is 0 Å². The molecule has 1 aliphatic heterocycles. The molecule has 3 aromatic rings. The molecule has 2 N–H and O–H groups in total. The van der Waals surface area contributed by atoms with Crippen LogP contribution in [0.4, 0.5) is 10.8 Å². The number of hydrogen-bond donors (Lipinski definition) is 2. The van der Waals surface area contributed by atoms with Gasteiger partial charge in [-0.15, -0.1) is 11.8 Å². The van der Waals surface area contributed by atoms with Gasteiger partial charge in [-0.05, 0) is 50.1 Å². The van der Waals surface area contributed by atoms with Crippen LogP contribution in [-0.2, 0) is 20.8 Å². The lowest BCUT2D eigenvalue weighted by molar-refractivity contribution is -0.121. The van der Waals surface area contributed by atoms with Gasteiger partial charge >= 0.3 is 0 Å². The number of hydrogen-bond acceptors (Lipinski definition) is 8. The standard InChI is InChI=1S/C28H33N5O4S2/c1-5-6-22(34)31-20-9-7-19(8-10-20)26(36)33-13-11-18(12-14-33)25(35)32-27-30-16-24(39-27)38-17-23-29-15-21(37-23)28(2,3)4/h5-10,15-16,18H,11-14,17H2,1-4H3,(H,31,34)(H,30,32,35). The van der Waals surface area contributed by atoms with Crippen molar-refractivity contribution < 1.29 is 18.8 Å². The number of thioether (sulfide) groups is 1. The number of amides is 3. The van der Waals surface area contributed by atoms with Gasteiger partial charge in [0.2, 0.25) is 17.7 Å². The van der Waals surface area contributed by atoms with Crippen LogP contribution >= 0.6 is 23.1 Å². The van der Waals surface area contributed by atoms with Crippen molar-refractivity contribution in [1.29, 1.82) is 0 Å². The lowest BCUT2D eigenvalue weighted by atomic mass is 9.94. The number of carbonyl (C=O) groups is 3. The van der Waals surface area contributed by atoms with Gasteiger partial charge in [-0.2, -0.15) is 0 Å². The molecule has 4 rings (SSSR count). The molecule has 1 aromatic carbocycles. The molecule has 11 heteroatoms. The zero-order valence-corrected chi connectivity index (χ0v) is 24.2. The Hall–Kier alpha value is -3.44. The molecule has 3 heterocycles. The summed E-state index contributed by atoms with van der Waals surface area (Å²) in [5.41, 5.74) is 1.09. The van der Waals surface area contributed by atoms with E-state index >= 15 is 0 Å². The van der Waals surface area contributed by atoms with Crippen LogP contribution in [0.1, 0.15) is 62.5 Å². The summed E-state index contributed by atoms with van der Waals surface area (Å²) in [7, 11) is 0. The third-order valence-electron chi connectivity index (χ3n) is 6.22. The summed E-state index contributed by atoms with van der Waals surface area (Å²) in [6.07, 6.45) is 7.79. The molecule has 39 heavy (non-hydrogen) atoms. The zero-order valence-electron chi connectivity index (χ0n) is 22.5. The van der Waals surface area contributed by atoms with Gasteiger partial charge in [-0.1, -0.05) is 38.2 Å². The van der Waals surface area contributed by atoms with E-state index in [2.05, 4.69) is 41.4 Å². The molecule has 3 amide bonds. The highest BCUT2D eigenvalue weighted by Crippen LogP contribution is 2.32. The number of anilines is 2. The first-order valence-corrected chi connectivity index (χ1v) is 14.6. The first-order chi connectivity index (χ1) is 18.6. The van der Waals surface area contributed by atoms with E-state index in [1.165, 1.54) is 17.4 Å².